The number of hydrogen-bond donors (Lipinski definition) is 2. The number of rotatable bonds is 4. The van der Waals surface area contributed by atoms with Gasteiger partial charge in [-0.05, 0) is 37.1 Å². The molecule has 6 nitrogen and oxygen atoms in total. The number of hydrogen-bond acceptors (Lipinski definition) is 5. The molecule has 0 radical (unpaired) electrons. The minimum atomic E-state index is -0.971. The third kappa shape index (κ3) is 2.85. The maximum Gasteiger partial charge on any atom is 0.335 e. The number of benzene rings is 1. The van der Waals surface area contributed by atoms with Crippen molar-refractivity contribution in [2.75, 3.05) is 5.32 Å². The van der Waals surface area contributed by atoms with E-state index in [-0.39, 0.29) is 17.4 Å². The summed E-state index contributed by atoms with van der Waals surface area (Å²) in [4.78, 5) is 32.5. The van der Waals surface area contributed by atoms with Crippen LogP contribution in [0.15, 0.2) is 36.4 Å². The van der Waals surface area contributed by atoms with Crippen LogP contribution >= 0.6 is 11.3 Å². The fraction of sp³-hybridized carbons (Fsp3) is 0.176. The van der Waals surface area contributed by atoms with Crippen molar-refractivity contribution in [3.63, 3.8) is 0 Å². The number of fused-ring (bicyclic) bond motifs is 1. The molecule has 4 rings (SSSR count). The predicted octanol–water partition coefficient (Wildman–Crippen LogP) is 3.41. The Labute approximate surface area is 141 Å². The standard InChI is InChI=1S/C17H13N3O3S/c21-14(9-4-5-9)20-17-19-13-7-6-12(18-15(13)24-17)10-2-1-3-11(8-10)16(22)23/h1-3,6-9H,4-5H2,(H,22,23)(H,19,20,21). The highest BCUT2D eigenvalue weighted by atomic mass is 32.1. The van der Waals surface area contributed by atoms with Gasteiger partial charge in [-0.1, -0.05) is 23.5 Å². The lowest BCUT2D eigenvalue weighted by Gasteiger charge is -2.02. The SMILES string of the molecule is O=C(O)c1cccc(-c2ccc3nc(NC(=O)C4CC4)sc3n2)c1. The molecule has 0 spiro atoms. The minimum absolute atomic E-state index is 0.0171. The molecule has 3 aromatic rings. The van der Waals surface area contributed by atoms with E-state index in [0.717, 1.165) is 18.4 Å². The van der Waals surface area contributed by atoms with Crippen molar-refractivity contribution in [3.8, 4) is 11.3 Å². The van der Waals surface area contributed by atoms with Gasteiger partial charge in [0, 0.05) is 11.5 Å². The Bertz CT molecular complexity index is 963. The number of pyridine rings is 1. The summed E-state index contributed by atoms with van der Waals surface area (Å²) in [6, 6.07) is 10.3. The highest BCUT2D eigenvalue weighted by Gasteiger charge is 2.30. The number of thiazole rings is 1. The second-order valence-corrected chi connectivity index (χ2v) is 6.67. The zero-order chi connectivity index (χ0) is 16.7. The molecule has 0 unspecified atom stereocenters. The van der Waals surface area contributed by atoms with Gasteiger partial charge >= 0.3 is 5.97 Å². The Hall–Kier alpha value is -2.80. The van der Waals surface area contributed by atoms with Gasteiger partial charge in [0.2, 0.25) is 5.91 Å². The summed E-state index contributed by atoms with van der Waals surface area (Å²) >= 11 is 1.32. The fourth-order valence-electron chi connectivity index (χ4n) is 2.40. The molecule has 1 amide bonds. The third-order valence-corrected chi connectivity index (χ3v) is 4.72. The van der Waals surface area contributed by atoms with Gasteiger partial charge in [0.25, 0.3) is 0 Å². The first-order chi connectivity index (χ1) is 11.6. The lowest BCUT2D eigenvalue weighted by molar-refractivity contribution is -0.117. The van der Waals surface area contributed by atoms with Gasteiger partial charge in [0.15, 0.2) is 5.13 Å². The molecule has 2 N–H and O–H groups in total. The van der Waals surface area contributed by atoms with Crippen LogP contribution in [0.5, 0.6) is 0 Å². The van der Waals surface area contributed by atoms with Crippen LogP contribution in [0.1, 0.15) is 23.2 Å². The predicted molar refractivity (Wildman–Crippen MR) is 91.2 cm³/mol. The van der Waals surface area contributed by atoms with Gasteiger partial charge in [-0.15, -0.1) is 0 Å². The number of carbonyl (C=O) groups is 2. The Kier molecular flexibility index (Phi) is 3.50. The molecule has 1 aromatic carbocycles. The molecule has 7 heteroatoms. The van der Waals surface area contributed by atoms with E-state index in [9.17, 15) is 9.59 Å². The lowest BCUT2D eigenvalue weighted by atomic mass is 10.1. The number of aromatic nitrogens is 2. The molecule has 120 valence electrons. The van der Waals surface area contributed by atoms with Crippen LogP contribution in [0.2, 0.25) is 0 Å². The molecule has 24 heavy (non-hydrogen) atoms. The molecule has 2 heterocycles. The molecule has 1 fully saturated rings. The Morgan fingerprint density at radius 1 is 1.17 bits per heavy atom. The van der Waals surface area contributed by atoms with Crippen molar-refractivity contribution < 1.29 is 14.7 Å². The monoisotopic (exact) mass is 339 g/mol. The van der Waals surface area contributed by atoms with E-state index < -0.39 is 5.97 Å². The molecular weight excluding hydrogens is 326 g/mol. The van der Waals surface area contributed by atoms with Crippen LogP contribution in [-0.4, -0.2) is 27.0 Å². The van der Waals surface area contributed by atoms with Crippen molar-refractivity contribution in [2.24, 2.45) is 5.92 Å². The van der Waals surface area contributed by atoms with Crippen molar-refractivity contribution >= 4 is 38.7 Å². The number of anilines is 1. The topological polar surface area (TPSA) is 92.2 Å². The first-order valence-electron chi connectivity index (χ1n) is 7.52. The molecule has 0 saturated heterocycles. The van der Waals surface area contributed by atoms with Crippen LogP contribution in [-0.2, 0) is 4.79 Å². The zero-order valence-corrected chi connectivity index (χ0v) is 13.3. The van der Waals surface area contributed by atoms with Crippen LogP contribution in [0.4, 0.5) is 5.13 Å². The molecule has 1 saturated carbocycles. The summed E-state index contributed by atoms with van der Waals surface area (Å²) in [5.41, 5.74) is 2.34. The summed E-state index contributed by atoms with van der Waals surface area (Å²) in [5, 5.41) is 12.5. The van der Waals surface area contributed by atoms with Crippen molar-refractivity contribution in [3.05, 3.63) is 42.0 Å². The average Bonchev–Trinajstić information content (AvgIpc) is 3.35. The Morgan fingerprint density at radius 2 is 2.00 bits per heavy atom. The van der Waals surface area contributed by atoms with Crippen LogP contribution < -0.4 is 5.32 Å². The molecule has 0 bridgehead atoms. The average molecular weight is 339 g/mol. The number of carbonyl (C=O) groups excluding carboxylic acids is 1. The van der Waals surface area contributed by atoms with Gasteiger partial charge in [0.1, 0.15) is 10.3 Å². The molecule has 0 aliphatic heterocycles. The van der Waals surface area contributed by atoms with Crippen LogP contribution in [0, 0.1) is 5.92 Å². The van der Waals surface area contributed by atoms with Gasteiger partial charge in [0.05, 0.1) is 11.3 Å². The smallest absolute Gasteiger partial charge is 0.335 e. The Balaban J connectivity index is 1.66. The second kappa shape index (κ2) is 5.68. The fourth-order valence-corrected chi connectivity index (χ4v) is 3.24. The van der Waals surface area contributed by atoms with Crippen molar-refractivity contribution in [2.45, 2.75) is 12.8 Å². The highest BCUT2D eigenvalue weighted by molar-refractivity contribution is 7.22. The highest BCUT2D eigenvalue weighted by Crippen LogP contribution is 2.32. The van der Waals surface area contributed by atoms with Crippen LogP contribution in [0.3, 0.4) is 0 Å². The van der Waals surface area contributed by atoms with E-state index >= 15 is 0 Å². The van der Waals surface area contributed by atoms with E-state index in [1.165, 1.54) is 11.3 Å². The molecular formula is C17H13N3O3S. The maximum atomic E-state index is 11.8. The van der Waals surface area contributed by atoms with Crippen LogP contribution in [0.25, 0.3) is 21.6 Å². The summed E-state index contributed by atoms with van der Waals surface area (Å²) < 4.78 is 0. The van der Waals surface area contributed by atoms with E-state index in [4.69, 9.17) is 5.11 Å². The van der Waals surface area contributed by atoms with E-state index in [1.807, 2.05) is 12.1 Å². The van der Waals surface area contributed by atoms with Crippen molar-refractivity contribution in [1.82, 2.24) is 9.97 Å². The number of carboxylic acids is 1. The molecule has 1 aliphatic carbocycles. The first-order valence-corrected chi connectivity index (χ1v) is 8.34. The first kappa shape index (κ1) is 14.8. The number of nitrogens with zero attached hydrogens (tertiary/aromatic N) is 2. The molecule has 2 aromatic heterocycles. The summed E-state index contributed by atoms with van der Waals surface area (Å²) in [6.07, 6.45) is 1.89. The number of carboxylic acid groups (broad SMARTS) is 1. The molecule has 1 aliphatic rings. The number of aromatic carboxylic acids is 1. The third-order valence-electron chi connectivity index (χ3n) is 3.84. The molecule has 0 atom stereocenters. The largest absolute Gasteiger partial charge is 0.478 e. The quantitative estimate of drug-likeness (QED) is 0.760. The normalized spacial score (nSPS) is 13.8. The second-order valence-electron chi connectivity index (χ2n) is 5.69. The summed E-state index contributed by atoms with van der Waals surface area (Å²) in [5.74, 6) is -0.830. The number of nitrogens with one attached hydrogen (secondary N) is 1. The minimum Gasteiger partial charge on any atom is -0.478 e. The van der Waals surface area contributed by atoms with Gasteiger partial charge in [-0.2, -0.15) is 0 Å². The van der Waals surface area contributed by atoms with Gasteiger partial charge < -0.3 is 10.4 Å². The van der Waals surface area contributed by atoms with Gasteiger partial charge in [-0.25, -0.2) is 14.8 Å². The zero-order valence-electron chi connectivity index (χ0n) is 12.5. The Morgan fingerprint density at radius 3 is 2.75 bits per heavy atom. The number of amides is 1. The summed E-state index contributed by atoms with van der Waals surface area (Å²) in [7, 11) is 0. The maximum absolute atomic E-state index is 11.8. The van der Waals surface area contributed by atoms with E-state index in [0.29, 0.717) is 21.2 Å². The van der Waals surface area contributed by atoms with Crippen molar-refractivity contribution in [1.29, 1.82) is 0 Å². The van der Waals surface area contributed by atoms with E-state index in [1.54, 1.807) is 24.3 Å². The van der Waals surface area contributed by atoms with E-state index in [2.05, 4.69) is 15.3 Å². The van der Waals surface area contributed by atoms with Gasteiger partial charge in [-0.3, -0.25) is 4.79 Å². The lowest BCUT2D eigenvalue weighted by Crippen LogP contribution is -2.12. The summed E-state index contributed by atoms with van der Waals surface area (Å²) in [6.45, 7) is 0.